The van der Waals surface area contributed by atoms with E-state index in [1.165, 1.54) is 30.3 Å². The van der Waals surface area contributed by atoms with Gasteiger partial charge in [-0.05, 0) is 23.8 Å². The Balaban J connectivity index is 1.88. The van der Waals surface area contributed by atoms with E-state index in [0.29, 0.717) is 5.56 Å². The number of nitrogens with two attached hydrogens (primary N) is 2. The Hall–Kier alpha value is -3.30. The van der Waals surface area contributed by atoms with Crippen LogP contribution in [0.15, 0.2) is 30.3 Å². The normalized spacial score (nSPS) is 11.0. The standard InChI is InChI=1S/C14H13F2N5O3/c15-12(16)24-9-4-1-8(2-5-9)3-6-11(22)23-7-10-19-13(17)21-14(18)20-10/h1-6,12H,7H2,(H4,17,18,19,20,21)/b6-3+. The molecule has 2 rings (SSSR count). The molecule has 2 aromatic rings. The summed E-state index contributed by atoms with van der Waals surface area (Å²) in [6.07, 6.45) is 2.61. The Kier molecular flexibility index (Phi) is 5.55. The summed E-state index contributed by atoms with van der Waals surface area (Å²) in [5.41, 5.74) is 11.4. The fourth-order valence-corrected chi connectivity index (χ4v) is 1.63. The number of hydrogen-bond acceptors (Lipinski definition) is 8. The Morgan fingerprint density at radius 1 is 1.12 bits per heavy atom. The van der Waals surface area contributed by atoms with E-state index in [0.717, 1.165) is 6.08 Å². The van der Waals surface area contributed by atoms with E-state index in [-0.39, 0.29) is 30.1 Å². The molecular formula is C14H13F2N5O3. The Morgan fingerprint density at radius 3 is 2.33 bits per heavy atom. The zero-order valence-corrected chi connectivity index (χ0v) is 12.2. The molecule has 0 saturated heterocycles. The number of benzene rings is 1. The smallest absolute Gasteiger partial charge is 0.387 e. The largest absolute Gasteiger partial charge is 0.454 e. The van der Waals surface area contributed by atoms with Gasteiger partial charge in [0.05, 0.1) is 0 Å². The molecule has 1 heterocycles. The Morgan fingerprint density at radius 2 is 1.75 bits per heavy atom. The van der Waals surface area contributed by atoms with Gasteiger partial charge in [-0.25, -0.2) is 4.79 Å². The molecule has 0 atom stereocenters. The molecule has 0 radical (unpaired) electrons. The van der Waals surface area contributed by atoms with E-state index in [9.17, 15) is 13.6 Å². The van der Waals surface area contributed by atoms with Crippen molar-refractivity contribution in [3.05, 3.63) is 41.7 Å². The van der Waals surface area contributed by atoms with Gasteiger partial charge in [-0.15, -0.1) is 0 Å². The summed E-state index contributed by atoms with van der Waals surface area (Å²) in [5, 5.41) is 0. The van der Waals surface area contributed by atoms with E-state index in [1.807, 2.05) is 0 Å². The third-order valence-electron chi connectivity index (χ3n) is 2.58. The molecule has 1 aromatic heterocycles. The number of hydrogen-bond donors (Lipinski definition) is 2. The van der Waals surface area contributed by atoms with Crippen molar-refractivity contribution < 1.29 is 23.0 Å². The molecule has 4 N–H and O–H groups in total. The van der Waals surface area contributed by atoms with Crippen molar-refractivity contribution in [2.75, 3.05) is 11.5 Å². The van der Waals surface area contributed by atoms with Gasteiger partial charge in [0.1, 0.15) is 5.75 Å². The first-order valence-electron chi connectivity index (χ1n) is 6.58. The highest BCUT2D eigenvalue weighted by Gasteiger charge is 2.05. The molecule has 0 fully saturated rings. The van der Waals surface area contributed by atoms with E-state index in [4.69, 9.17) is 16.2 Å². The SMILES string of the molecule is Nc1nc(N)nc(COC(=O)/C=C/c2ccc(OC(F)F)cc2)n1. The minimum atomic E-state index is -2.89. The minimum Gasteiger partial charge on any atom is -0.454 e. The van der Waals surface area contributed by atoms with Crippen LogP contribution in [0.5, 0.6) is 5.75 Å². The van der Waals surface area contributed by atoms with Gasteiger partial charge in [-0.3, -0.25) is 0 Å². The lowest BCUT2D eigenvalue weighted by molar-refractivity contribution is -0.139. The van der Waals surface area contributed by atoms with Gasteiger partial charge in [0.2, 0.25) is 11.9 Å². The molecule has 0 saturated carbocycles. The number of nitrogen functional groups attached to an aromatic ring is 2. The van der Waals surface area contributed by atoms with Crippen LogP contribution in [-0.2, 0) is 16.1 Å². The quantitative estimate of drug-likeness (QED) is 0.598. The molecule has 0 amide bonds. The van der Waals surface area contributed by atoms with Crippen LogP contribution >= 0.6 is 0 Å². The lowest BCUT2D eigenvalue weighted by Gasteiger charge is -2.04. The van der Waals surface area contributed by atoms with Crippen molar-refractivity contribution in [2.24, 2.45) is 0 Å². The number of ether oxygens (including phenoxy) is 2. The lowest BCUT2D eigenvalue weighted by atomic mass is 10.2. The van der Waals surface area contributed by atoms with Crippen LogP contribution in [0.3, 0.4) is 0 Å². The fraction of sp³-hybridized carbons (Fsp3) is 0.143. The van der Waals surface area contributed by atoms with Gasteiger partial charge in [0.15, 0.2) is 12.4 Å². The first-order chi connectivity index (χ1) is 11.4. The van der Waals surface area contributed by atoms with Gasteiger partial charge >= 0.3 is 12.6 Å². The lowest BCUT2D eigenvalue weighted by Crippen LogP contribution is -2.09. The van der Waals surface area contributed by atoms with Crippen LogP contribution in [0.4, 0.5) is 20.7 Å². The fourth-order valence-electron chi connectivity index (χ4n) is 1.63. The number of aromatic nitrogens is 3. The van der Waals surface area contributed by atoms with Crippen LogP contribution in [-0.4, -0.2) is 27.5 Å². The molecule has 0 aliphatic carbocycles. The van der Waals surface area contributed by atoms with Crippen LogP contribution < -0.4 is 16.2 Å². The Bertz CT molecular complexity index is 717. The maximum absolute atomic E-state index is 12.0. The van der Waals surface area contributed by atoms with E-state index in [2.05, 4.69) is 19.7 Å². The Labute approximate surface area is 135 Å². The number of nitrogens with zero attached hydrogens (tertiary/aromatic N) is 3. The van der Waals surface area contributed by atoms with Crippen molar-refractivity contribution in [1.82, 2.24) is 15.0 Å². The van der Waals surface area contributed by atoms with E-state index >= 15 is 0 Å². The summed E-state index contributed by atoms with van der Waals surface area (Å²) in [4.78, 5) is 22.7. The number of alkyl halides is 2. The summed E-state index contributed by atoms with van der Waals surface area (Å²) in [6.45, 7) is -3.11. The molecule has 0 aliphatic heterocycles. The summed E-state index contributed by atoms with van der Waals surface area (Å²) in [5.74, 6) is -0.657. The van der Waals surface area contributed by atoms with E-state index in [1.54, 1.807) is 0 Å². The average molecular weight is 337 g/mol. The number of rotatable bonds is 6. The summed E-state index contributed by atoms with van der Waals surface area (Å²) >= 11 is 0. The predicted octanol–water partition coefficient (Wildman–Crippen LogP) is 1.39. The van der Waals surface area contributed by atoms with Crippen LogP contribution in [0.1, 0.15) is 11.4 Å². The maximum Gasteiger partial charge on any atom is 0.387 e. The predicted molar refractivity (Wildman–Crippen MR) is 80.6 cm³/mol. The molecule has 10 heteroatoms. The first kappa shape index (κ1) is 17.1. The maximum atomic E-state index is 12.0. The van der Waals surface area contributed by atoms with Crippen LogP contribution in [0.25, 0.3) is 6.08 Å². The second-order valence-corrected chi connectivity index (χ2v) is 4.36. The molecule has 24 heavy (non-hydrogen) atoms. The molecule has 8 nitrogen and oxygen atoms in total. The van der Waals surface area contributed by atoms with Gasteiger partial charge in [0.25, 0.3) is 0 Å². The molecule has 126 valence electrons. The minimum absolute atomic E-state index is 0.0229. The van der Waals surface area contributed by atoms with Crippen LogP contribution in [0.2, 0.25) is 0 Å². The zero-order valence-electron chi connectivity index (χ0n) is 12.2. The van der Waals surface area contributed by atoms with Crippen LogP contribution in [0, 0.1) is 0 Å². The molecule has 0 aliphatic rings. The highest BCUT2D eigenvalue weighted by molar-refractivity contribution is 5.87. The van der Waals surface area contributed by atoms with Crippen molar-refractivity contribution in [3.8, 4) is 5.75 Å². The van der Waals surface area contributed by atoms with Gasteiger partial charge < -0.3 is 20.9 Å². The van der Waals surface area contributed by atoms with E-state index < -0.39 is 12.6 Å². The number of carbonyl (C=O) groups is 1. The number of carbonyl (C=O) groups excluding carboxylic acids is 1. The number of anilines is 2. The van der Waals surface area contributed by atoms with Gasteiger partial charge in [0, 0.05) is 6.08 Å². The van der Waals surface area contributed by atoms with Crippen molar-refractivity contribution in [1.29, 1.82) is 0 Å². The molecule has 0 unspecified atom stereocenters. The number of esters is 1. The second-order valence-electron chi connectivity index (χ2n) is 4.36. The summed E-state index contributed by atoms with van der Waals surface area (Å²) in [7, 11) is 0. The van der Waals surface area contributed by atoms with Gasteiger partial charge in [-0.1, -0.05) is 12.1 Å². The zero-order chi connectivity index (χ0) is 17.5. The molecule has 0 spiro atoms. The molecule has 0 bridgehead atoms. The first-order valence-corrected chi connectivity index (χ1v) is 6.58. The summed E-state index contributed by atoms with van der Waals surface area (Å²) in [6, 6.07) is 5.73. The third-order valence-corrected chi connectivity index (χ3v) is 2.58. The second kappa shape index (κ2) is 7.81. The molecule has 1 aromatic carbocycles. The molecular weight excluding hydrogens is 324 g/mol. The number of halogens is 2. The highest BCUT2D eigenvalue weighted by Crippen LogP contribution is 2.15. The topological polar surface area (TPSA) is 126 Å². The van der Waals surface area contributed by atoms with Crippen molar-refractivity contribution >= 4 is 23.9 Å². The van der Waals surface area contributed by atoms with Crippen molar-refractivity contribution in [3.63, 3.8) is 0 Å². The third kappa shape index (κ3) is 5.48. The highest BCUT2D eigenvalue weighted by atomic mass is 19.3. The van der Waals surface area contributed by atoms with Crippen molar-refractivity contribution in [2.45, 2.75) is 13.2 Å². The average Bonchev–Trinajstić information content (AvgIpc) is 2.51. The van der Waals surface area contributed by atoms with Gasteiger partial charge in [-0.2, -0.15) is 23.7 Å². The monoisotopic (exact) mass is 337 g/mol. The summed E-state index contributed by atoms with van der Waals surface area (Å²) < 4.78 is 33.2.